The quantitative estimate of drug-likeness (QED) is 0.297. The lowest BCUT2D eigenvalue weighted by molar-refractivity contribution is 0.124. The summed E-state index contributed by atoms with van der Waals surface area (Å²) >= 11 is 0. The van der Waals surface area contributed by atoms with Crippen LogP contribution in [0.1, 0.15) is 51.8 Å². The lowest BCUT2D eigenvalue weighted by Gasteiger charge is -2.32. The summed E-state index contributed by atoms with van der Waals surface area (Å²) in [6.45, 7) is 0. The van der Waals surface area contributed by atoms with Crippen LogP contribution in [0.3, 0.4) is 0 Å². The third-order valence-electron chi connectivity index (χ3n) is 6.93. The van der Waals surface area contributed by atoms with E-state index in [0.717, 1.165) is 56.8 Å². The first-order chi connectivity index (χ1) is 16.2. The summed E-state index contributed by atoms with van der Waals surface area (Å²) in [5.41, 5.74) is 9.93. The molecule has 0 spiro atoms. The Labute approximate surface area is 190 Å². The zero-order valence-electron chi connectivity index (χ0n) is 17.9. The molecule has 0 unspecified atom stereocenters. The van der Waals surface area contributed by atoms with Crippen molar-refractivity contribution in [1.82, 2.24) is 19.9 Å². The standard InChI is InChI=1S/C28H22N4O/c33-28-23-4-2-1-3-16(23)11-24-25-14-21-9-7-19(30-21)12-17-5-6-18(29-17)13-20-8-10-22(31-20)15-26(32-25)27(24)28/h1-10,12-15,24,27-28,30-31,33H,11H2/t24-,27-,28+/m0/s1. The van der Waals surface area contributed by atoms with Crippen molar-refractivity contribution in [1.29, 1.82) is 0 Å². The van der Waals surface area contributed by atoms with E-state index in [4.69, 9.17) is 9.97 Å². The Hall–Kier alpha value is -3.96. The maximum Gasteiger partial charge on any atom is 0.0882 e. The van der Waals surface area contributed by atoms with Crippen LogP contribution in [0.25, 0.3) is 34.2 Å². The molecule has 5 heterocycles. The number of aliphatic hydroxyl groups is 1. The van der Waals surface area contributed by atoms with Gasteiger partial charge in [0, 0.05) is 45.3 Å². The van der Waals surface area contributed by atoms with Crippen LogP contribution in [-0.2, 0) is 6.42 Å². The van der Waals surface area contributed by atoms with Crippen LogP contribution in [0.5, 0.6) is 0 Å². The Morgan fingerprint density at radius 1 is 0.697 bits per heavy atom. The van der Waals surface area contributed by atoms with Crippen LogP contribution in [0.15, 0.2) is 72.8 Å². The average Bonchev–Trinajstić information content (AvgIpc) is 3.59. The van der Waals surface area contributed by atoms with E-state index in [1.807, 2.05) is 42.5 Å². The number of aromatic amines is 2. The van der Waals surface area contributed by atoms with E-state index in [0.29, 0.717) is 0 Å². The highest BCUT2D eigenvalue weighted by molar-refractivity contribution is 5.75. The van der Waals surface area contributed by atoms with Crippen molar-refractivity contribution < 1.29 is 5.11 Å². The minimum absolute atomic E-state index is 0.0718. The summed E-state index contributed by atoms with van der Waals surface area (Å²) < 4.78 is 0. The molecule has 33 heavy (non-hydrogen) atoms. The molecular weight excluding hydrogens is 408 g/mol. The summed E-state index contributed by atoms with van der Waals surface area (Å²) in [6, 6.07) is 24.8. The number of nitrogens with one attached hydrogen (secondary N) is 2. The second kappa shape index (κ2) is 7.02. The molecule has 2 aliphatic heterocycles. The number of benzene rings is 1. The first kappa shape index (κ1) is 18.6. The molecule has 0 fully saturated rings. The summed E-state index contributed by atoms with van der Waals surface area (Å²) in [4.78, 5) is 16.7. The molecule has 5 nitrogen and oxygen atoms in total. The van der Waals surface area contributed by atoms with Crippen molar-refractivity contribution in [2.24, 2.45) is 0 Å². The van der Waals surface area contributed by atoms with Gasteiger partial charge in [0.1, 0.15) is 0 Å². The van der Waals surface area contributed by atoms with Crippen molar-refractivity contribution in [3.8, 4) is 0 Å². The summed E-state index contributed by atoms with van der Waals surface area (Å²) in [6.07, 6.45) is 4.33. The zero-order chi connectivity index (χ0) is 21.9. The Bertz CT molecular complexity index is 1590. The average molecular weight is 431 g/mol. The number of hydrogen-bond acceptors (Lipinski definition) is 3. The molecule has 3 aromatic heterocycles. The van der Waals surface area contributed by atoms with Gasteiger partial charge in [0.25, 0.3) is 0 Å². The predicted octanol–water partition coefficient (Wildman–Crippen LogP) is 5.64. The first-order valence-electron chi connectivity index (χ1n) is 11.3. The number of aliphatic hydroxyl groups excluding tert-OH is 1. The molecule has 0 amide bonds. The number of aromatic nitrogens is 4. The Balaban J connectivity index is 1.51. The highest BCUT2D eigenvalue weighted by Crippen LogP contribution is 2.50. The van der Waals surface area contributed by atoms with Gasteiger partial charge < -0.3 is 15.1 Å². The number of fused-ring (bicyclic) bond motifs is 12. The first-order valence-corrected chi connectivity index (χ1v) is 11.3. The normalized spacial score (nSPS) is 20.9. The second-order valence-electron chi connectivity index (χ2n) is 9.05. The molecule has 8 bridgehead atoms. The third kappa shape index (κ3) is 3.12. The van der Waals surface area contributed by atoms with Crippen LogP contribution in [0.2, 0.25) is 0 Å². The molecule has 3 aliphatic rings. The lowest BCUT2D eigenvalue weighted by Crippen LogP contribution is -2.23. The van der Waals surface area contributed by atoms with Gasteiger partial charge in [-0.15, -0.1) is 0 Å². The van der Waals surface area contributed by atoms with Gasteiger partial charge in [-0.05, 0) is 78.2 Å². The maximum absolute atomic E-state index is 11.4. The van der Waals surface area contributed by atoms with Crippen LogP contribution >= 0.6 is 0 Å². The van der Waals surface area contributed by atoms with Gasteiger partial charge in [0.2, 0.25) is 0 Å². The van der Waals surface area contributed by atoms with Crippen molar-refractivity contribution in [2.45, 2.75) is 24.4 Å². The van der Waals surface area contributed by atoms with E-state index >= 15 is 0 Å². The van der Waals surface area contributed by atoms with Gasteiger partial charge in [-0.3, -0.25) is 4.98 Å². The fourth-order valence-corrected chi connectivity index (χ4v) is 5.41. The van der Waals surface area contributed by atoms with E-state index in [1.165, 1.54) is 5.56 Å². The van der Waals surface area contributed by atoms with Gasteiger partial charge in [0.15, 0.2) is 0 Å². The van der Waals surface area contributed by atoms with Gasteiger partial charge in [-0.25, -0.2) is 4.98 Å². The lowest BCUT2D eigenvalue weighted by atomic mass is 9.73. The molecule has 3 atom stereocenters. The van der Waals surface area contributed by atoms with Crippen molar-refractivity contribution in [2.75, 3.05) is 0 Å². The van der Waals surface area contributed by atoms with Crippen LogP contribution in [-0.4, -0.2) is 25.0 Å². The zero-order valence-corrected chi connectivity index (χ0v) is 17.9. The molecule has 3 N–H and O–H groups in total. The minimum atomic E-state index is -0.580. The molecule has 160 valence electrons. The van der Waals surface area contributed by atoms with Gasteiger partial charge in [0.05, 0.1) is 17.5 Å². The number of H-pyrrole nitrogens is 2. The highest BCUT2D eigenvalue weighted by Gasteiger charge is 2.42. The van der Waals surface area contributed by atoms with E-state index in [1.54, 1.807) is 0 Å². The number of hydrogen-bond donors (Lipinski definition) is 3. The molecule has 1 aromatic carbocycles. The number of nitrogens with zero attached hydrogens (tertiary/aromatic N) is 2. The minimum Gasteiger partial charge on any atom is -0.388 e. The summed E-state index contributed by atoms with van der Waals surface area (Å²) in [5, 5.41) is 11.4. The Kier molecular flexibility index (Phi) is 3.96. The third-order valence-corrected chi connectivity index (χ3v) is 6.93. The molecule has 0 saturated heterocycles. The predicted molar refractivity (Wildman–Crippen MR) is 131 cm³/mol. The van der Waals surface area contributed by atoms with Crippen molar-refractivity contribution >= 4 is 34.2 Å². The monoisotopic (exact) mass is 430 g/mol. The number of rotatable bonds is 0. The van der Waals surface area contributed by atoms with E-state index in [-0.39, 0.29) is 11.8 Å². The van der Waals surface area contributed by atoms with E-state index in [2.05, 4.69) is 52.4 Å². The largest absolute Gasteiger partial charge is 0.388 e. The fourth-order valence-electron chi connectivity index (χ4n) is 5.41. The molecule has 7 rings (SSSR count). The fraction of sp³-hybridized carbons (Fsp3) is 0.143. The molecular formula is C28H22N4O. The molecule has 0 radical (unpaired) electrons. The van der Waals surface area contributed by atoms with Crippen LogP contribution in [0, 0.1) is 0 Å². The maximum atomic E-state index is 11.4. The van der Waals surface area contributed by atoms with Gasteiger partial charge in [-0.1, -0.05) is 24.3 Å². The van der Waals surface area contributed by atoms with Gasteiger partial charge in [-0.2, -0.15) is 0 Å². The topological polar surface area (TPSA) is 77.6 Å². The molecule has 1 aliphatic carbocycles. The summed E-state index contributed by atoms with van der Waals surface area (Å²) in [7, 11) is 0. The van der Waals surface area contributed by atoms with Crippen LogP contribution in [0.4, 0.5) is 0 Å². The molecule has 5 heteroatoms. The molecule has 0 saturated carbocycles. The van der Waals surface area contributed by atoms with Crippen molar-refractivity contribution in [3.63, 3.8) is 0 Å². The second-order valence-corrected chi connectivity index (χ2v) is 9.05. The Morgan fingerprint density at radius 3 is 2.00 bits per heavy atom. The summed E-state index contributed by atoms with van der Waals surface area (Å²) in [5.74, 6) is 0.0601. The van der Waals surface area contributed by atoms with E-state index in [9.17, 15) is 5.11 Å². The Morgan fingerprint density at radius 2 is 1.30 bits per heavy atom. The highest BCUT2D eigenvalue weighted by atomic mass is 16.3. The van der Waals surface area contributed by atoms with E-state index < -0.39 is 6.10 Å². The van der Waals surface area contributed by atoms with Gasteiger partial charge >= 0.3 is 0 Å². The SMILES string of the molecule is O[C@@H]1c2ccccc2C[C@H]2c3cc4ccc(cc5nc(cc6ccc(cc(n3)[C@@H]12)[nH]6)C=C5)[nH]4. The smallest absolute Gasteiger partial charge is 0.0882 e. The van der Waals surface area contributed by atoms with Crippen LogP contribution < -0.4 is 0 Å². The van der Waals surface area contributed by atoms with Crippen molar-refractivity contribution in [3.05, 3.63) is 107 Å². The molecule has 4 aromatic rings.